The SMILES string of the molecule is CC(C)OCc1cccc(NC(=O)c2cc3ccccc3cc2NC(=O)C2CC2)c1. The molecule has 0 heterocycles. The second-order valence-corrected chi connectivity index (χ2v) is 8.02. The van der Waals surface area contributed by atoms with Crippen LogP contribution in [0.5, 0.6) is 0 Å². The van der Waals surface area contributed by atoms with Crippen LogP contribution in [0.2, 0.25) is 0 Å². The van der Waals surface area contributed by atoms with Crippen LogP contribution in [0.1, 0.15) is 42.6 Å². The predicted octanol–water partition coefficient (Wildman–Crippen LogP) is 5.37. The first kappa shape index (κ1) is 20.1. The van der Waals surface area contributed by atoms with Gasteiger partial charge in [-0.25, -0.2) is 0 Å². The molecule has 3 aromatic rings. The fourth-order valence-electron chi connectivity index (χ4n) is 3.31. The number of anilines is 2. The molecule has 154 valence electrons. The lowest BCUT2D eigenvalue weighted by atomic mass is 10.0. The molecular weight excluding hydrogens is 376 g/mol. The maximum absolute atomic E-state index is 13.1. The molecule has 1 saturated carbocycles. The van der Waals surface area contributed by atoms with Gasteiger partial charge in [-0.15, -0.1) is 0 Å². The van der Waals surface area contributed by atoms with Crippen LogP contribution in [0, 0.1) is 5.92 Å². The number of hydrogen-bond acceptors (Lipinski definition) is 3. The third-order valence-electron chi connectivity index (χ3n) is 5.10. The molecule has 4 rings (SSSR count). The highest BCUT2D eigenvalue weighted by molar-refractivity contribution is 6.13. The molecule has 5 heteroatoms. The summed E-state index contributed by atoms with van der Waals surface area (Å²) >= 11 is 0. The number of amides is 2. The molecule has 30 heavy (non-hydrogen) atoms. The number of carbonyl (C=O) groups excluding carboxylic acids is 2. The van der Waals surface area contributed by atoms with E-state index in [0.29, 0.717) is 23.5 Å². The van der Waals surface area contributed by atoms with E-state index in [-0.39, 0.29) is 23.8 Å². The zero-order valence-electron chi connectivity index (χ0n) is 17.3. The van der Waals surface area contributed by atoms with Gasteiger partial charge in [-0.1, -0.05) is 36.4 Å². The molecule has 1 aliphatic carbocycles. The Morgan fingerprint density at radius 3 is 2.40 bits per heavy atom. The minimum absolute atomic E-state index is 0.0211. The Kier molecular flexibility index (Phi) is 5.81. The first-order chi connectivity index (χ1) is 14.5. The van der Waals surface area contributed by atoms with Crippen LogP contribution in [0.3, 0.4) is 0 Å². The lowest BCUT2D eigenvalue weighted by molar-refractivity contribution is -0.117. The summed E-state index contributed by atoms with van der Waals surface area (Å²) in [6.45, 7) is 4.46. The number of hydrogen-bond donors (Lipinski definition) is 2. The number of benzene rings is 3. The zero-order valence-corrected chi connectivity index (χ0v) is 17.3. The monoisotopic (exact) mass is 402 g/mol. The molecule has 0 bridgehead atoms. The van der Waals surface area contributed by atoms with Gasteiger partial charge in [0.2, 0.25) is 5.91 Å². The molecule has 5 nitrogen and oxygen atoms in total. The Bertz CT molecular complexity index is 1090. The highest BCUT2D eigenvalue weighted by Crippen LogP contribution is 2.32. The minimum atomic E-state index is -0.256. The Balaban J connectivity index is 1.60. The second kappa shape index (κ2) is 8.67. The molecule has 0 aromatic heterocycles. The highest BCUT2D eigenvalue weighted by Gasteiger charge is 2.30. The summed E-state index contributed by atoms with van der Waals surface area (Å²) in [5.74, 6) is -0.217. The molecule has 0 atom stereocenters. The zero-order chi connectivity index (χ0) is 21.1. The molecule has 0 spiro atoms. The number of carbonyl (C=O) groups is 2. The van der Waals surface area contributed by atoms with Crippen molar-refractivity contribution in [3.8, 4) is 0 Å². The van der Waals surface area contributed by atoms with E-state index in [1.165, 1.54) is 0 Å². The van der Waals surface area contributed by atoms with Crippen molar-refractivity contribution in [2.75, 3.05) is 10.6 Å². The van der Waals surface area contributed by atoms with Gasteiger partial charge in [0, 0.05) is 11.6 Å². The summed E-state index contributed by atoms with van der Waals surface area (Å²) in [5.41, 5.74) is 2.67. The largest absolute Gasteiger partial charge is 0.374 e. The second-order valence-electron chi connectivity index (χ2n) is 8.02. The standard InChI is InChI=1S/C25H26N2O3/c1-16(2)30-15-17-6-5-9-21(12-17)26-25(29)22-13-19-7-3-4-8-20(19)14-23(22)27-24(28)18-10-11-18/h3-9,12-14,16,18H,10-11,15H2,1-2H3,(H,26,29)(H,27,28). The fourth-order valence-corrected chi connectivity index (χ4v) is 3.31. The van der Waals surface area contributed by atoms with Crippen molar-refractivity contribution >= 4 is 34.0 Å². The van der Waals surface area contributed by atoms with Crippen LogP contribution in [-0.2, 0) is 16.1 Å². The van der Waals surface area contributed by atoms with E-state index in [9.17, 15) is 9.59 Å². The lowest BCUT2D eigenvalue weighted by Gasteiger charge is -2.14. The molecule has 0 saturated heterocycles. The normalized spacial score (nSPS) is 13.4. The quantitative estimate of drug-likeness (QED) is 0.559. The topological polar surface area (TPSA) is 67.4 Å². The van der Waals surface area contributed by atoms with Crippen molar-refractivity contribution in [1.82, 2.24) is 0 Å². The summed E-state index contributed by atoms with van der Waals surface area (Å²) in [5, 5.41) is 7.85. The van der Waals surface area contributed by atoms with Crippen molar-refractivity contribution in [3.63, 3.8) is 0 Å². The average Bonchev–Trinajstić information content (AvgIpc) is 3.57. The third-order valence-corrected chi connectivity index (χ3v) is 5.10. The molecule has 2 amide bonds. The Morgan fingerprint density at radius 1 is 0.967 bits per heavy atom. The molecule has 1 fully saturated rings. The fraction of sp³-hybridized carbons (Fsp3) is 0.280. The van der Waals surface area contributed by atoms with E-state index in [4.69, 9.17) is 4.74 Å². The van der Waals surface area contributed by atoms with E-state index < -0.39 is 0 Å². The smallest absolute Gasteiger partial charge is 0.257 e. The maximum Gasteiger partial charge on any atom is 0.257 e. The van der Waals surface area contributed by atoms with Gasteiger partial charge in [0.05, 0.1) is 24.0 Å². The number of rotatable bonds is 7. The Labute approximate surface area is 176 Å². The van der Waals surface area contributed by atoms with E-state index >= 15 is 0 Å². The van der Waals surface area contributed by atoms with Crippen LogP contribution in [-0.4, -0.2) is 17.9 Å². The van der Waals surface area contributed by atoms with Gasteiger partial charge in [-0.05, 0) is 67.3 Å². The number of fused-ring (bicyclic) bond motifs is 1. The van der Waals surface area contributed by atoms with Crippen LogP contribution in [0.25, 0.3) is 10.8 Å². The first-order valence-corrected chi connectivity index (χ1v) is 10.3. The number of ether oxygens (including phenoxy) is 1. The van der Waals surface area contributed by atoms with Crippen molar-refractivity contribution in [3.05, 3.63) is 71.8 Å². The molecule has 3 aromatic carbocycles. The summed E-state index contributed by atoms with van der Waals surface area (Å²) < 4.78 is 5.65. The van der Waals surface area contributed by atoms with Crippen LogP contribution in [0.4, 0.5) is 11.4 Å². The molecule has 0 radical (unpaired) electrons. The van der Waals surface area contributed by atoms with Crippen LogP contribution in [0.15, 0.2) is 60.7 Å². The predicted molar refractivity (Wildman–Crippen MR) is 120 cm³/mol. The average molecular weight is 402 g/mol. The van der Waals surface area contributed by atoms with Crippen molar-refractivity contribution < 1.29 is 14.3 Å². The van der Waals surface area contributed by atoms with E-state index in [1.54, 1.807) is 0 Å². The summed E-state index contributed by atoms with van der Waals surface area (Å²) in [6, 6.07) is 19.1. The molecule has 1 aliphatic rings. The molecule has 0 unspecified atom stereocenters. The van der Waals surface area contributed by atoms with Gasteiger partial charge in [0.15, 0.2) is 0 Å². The number of nitrogens with one attached hydrogen (secondary N) is 2. The summed E-state index contributed by atoms with van der Waals surface area (Å²) in [6.07, 6.45) is 1.96. The highest BCUT2D eigenvalue weighted by atomic mass is 16.5. The van der Waals surface area contributed by atoms with Gasteiger partial charge < -0.3 is 15.4 Å². The van der Waals surface area contributed by atoms with Crippen LogP contribution >= 0.6 is 0 Å². The van der Waals surface area contributed by atoms with Crippen molar-refractivity contribution in [2.45, 2.75) is 39.4 Å². The van der Waals surface area contributed by atoms with Gasteiger partial charge in [-0.2, -0.15) is 0 Å². The molecule has 2 N–H and O–H groups in total. The Morgan fingerprint density at radius 2 is 1.70 bits per heavy atom. The van der Waals surface area contributed by atoms with E-state index in [0.717, 1.165) is 29.2 Å². The van der Waals surface area contributed by atoms with E-state index in [2.05, 4.69) is 10.6 Å². The lowest BCUT2D eigenvalue weighted by Crippen LogP contribution is -2.19. The third kappa shape index (κ3) is 4.86. The summed E-state index contributed by atoms with van der Waals surface area (Å²) in [4.78, 5) is 25.5. The van der Waals surface area contributed by atoms with Crippen LogP contribution < -0.4 is 10.6 Å². The van der Waals surface area contributed by atoms with Gasteiger partial charge in [0.1, 0.15) is 0 Å². The van der Waals surface area contributed by atoms with E-state index in [1.807, 2.05) is 74.5 Å². The van der Waals surface area contributed by atoms with Crippen molar-refractivity contribution in [1.29, 1.82) is 0 Å². The first-order valence-electron chi connectivity index (χ1n) is 10.3. The summed E-state index contributed by atoms with van der Waals surface area (Å²) in [7, 11) is 0. The molecular formula is C25H26N2O3. The Hall–Kier alpha value is -3.18. The van der Waals surface area contributed by atoms with Gasteiger partial charge in [0.25, 0.3) is 5.91 Å². The van der Waals surface area contributed by atoms with Crippen molar-refractivity contribution in [2.24, 2.45) is 5.92 Å². The van der Waals surface area contributed by atoms with Gasteiger partial charge in [-0.3, -0.25) is 9.59 Å². The van der Waals surface area contributed by atoms with Gasteiger partial charge >= 0.3 is 0 Å². The minimum Gasteiger partial charge on any atom is -0.374 e. The molecule has 0 aliphatic heterocycles. The maximum atomic E-state index is 13.1.